The maximum Gasteiger partial charge on any atom is 0.323 e. The standard InChI is InChI=1S/C18H19N3O2/c22-15(10-14-11-20-18(23)21-14)12-19-17-9-5-4-8-16(17)13-6-2-1-3-7-13/h1-9,11,15,19,22H,10,12H2,(H2,20,21,23). The first-order chi connectivity index (χ1) is 11.2. The van der Waals surface area contributed by atoms with Crippen molar-refractivity contribution in [3.8, 4) is 11.1 Å². The SMILES string of the molecule is O=c1[nH]cc(CC(O)CNc2ccccc2-c2ccccc2)[nH]1. The summed E-state index contributed by atoms with van der Waals surface area (Å²) in [5.41, 5.74) is 3.63. The molecule has 1 aromatic heterocycles. The van der Waals surface area contributed by atoms with Crippen LogP contribution in [0.2, 0.25) is 0 Å². The molecule has 23 heavy (non-hydrogen) atoms. The van der Waals surface area contributed by atoms with E-state index in [1.54, 1.807) is 6.20 Å². The quantitative estimate of drug-likeness (QED) is 0.564. The molecule has 0 aliphatic carbocycles. The maximum atomic E-state index is 11.0. The number of rotatable bonds is 6. The summed E-state index contributed by atoms with van der Waals surface area (Å²) >= 11 is 0. The Morgan fingerprint density at radius 1 is 1.04 bits per heavy atom. The number of imidazole rings is 1. The van der Waals surface area contributed by atoms with Crippen molar-refractivity contribution in [1.29, 1.82) is 0 Å². The van der Waals surface area contributed by atoms with Crippen LogP contribution in [-0.4, -0.2) is 27.7 Å². The fraction of sp³-hybridized carbons (Fsp3) is 0.167. The molecule has 0 bridgehead atoms. The predicted molar refractivity (Wildman–Crippen MR) is 91.5 cm³/mol. The second-order valence-corrected chi connectivity index (χ2v) is 5.42. The Bertz CT molecular complexity index is 808. The fourth-order valence-corrected chi connectivity index (χ4v) is 2.54. The average Bonchev–Trinajstić information content (AvgIpc) is 2.99. The Morgan fingerprint density at radius 2 is 1.78 bits per heavy atom. The highest BCUT2D eigenvalue weighted by Crippen LogP contribution is 2.27. The van der Waals surface area contributed by atoms with Gasteiger partial charge in [-0.3, -0.25) is 0 Å². The number of aliphatic hydroxyl groups excluding tert-OH is 1. The normalized spacial score (nSPS) is 12.0. The molecule has 0 amide bonds. The third-order valence-electron chi connectivity index (χ3n) is 3.65. The number of benzene rings is 2. The summed E-state index contributed by atoms with van der Waals surface area (Å²) in [5, 5.41) is 13.4. The van der Waals surface area contributed by atoms with Crippen LogP contribution in [0.1, 0.15) is 5.69 Å². The summed E-state index contributed by atoms with van der Waals surface area (Å²) < 4.78 is 0. The van der Waals surface area contributed by atoms with Crippen LogP contribution >= 0.6 is 0 Å². The molecule has 1 heterocycles. The summed E-state index contributed by atoms with van der Waals surface area (Å²) in [7, 11) is 0. The van der Waals surface area contributed by atoms with E-state index in [2.05, 4.69) is 27.4 Å². The van der Waals surface area contributed by atoms with Crippen LogP contribution in [0.4, 0.5) is 5.69 Å². The molecule has 2 aromatic carbocycles. The lowest BCUT2D eigenvalue weighted by Gasteiger charge is -2.15. The Labute approximate surface area is 134 Å². The lowest BCUT2D eigenvalue weighted by Crippen LogP contribution is -2.22. The number of aromatic amines is 2. The van der Waals surface area contributed by atoms with Crippen LogP contribution < -0.4 is 11.0 Å². The van der Waals surface area contributed by atoms with Gasteiger partial charge >= 0.3 is 5.69 Å². The molecular weight excluding hydrogens is 290 g/mol. The topological polar surface area (TPSA) is 80.9 Å². The molecule has 118 valence electrons. The van der Waals surface area contributed by atoms with E-state index in [9.17, 15) is 9.90 Å². The zero-order chi connectivity index (χ0) is 16.1. The van der Waals surface area contributed by atoms with E-state index >= 15 is 0 Å². The second-order valence-electron chi connectivity index (χ2n) is 5.42. The van der Waals surface area contributed by atoms with Gasteiger partial charge in [0.2, 0.25) is 0 Å². The van der Waals surface area contributed by atoms with Crippen LogP contribution in [0.3, 0.4) is 0 Å². The van der Waals surface area contributed by atoms with Gasteiger partial charge in [-0.1, -0.05) is 48.5 Å². The monoisotopic (exact) mass is 309 g/mol. The van der Waals surface area contributed by atoms with Crippen molar-refractivity contribution in [2.75, 3.05) is 11.9 Å². The molecule has 1 unspecified atom stereocenters. The average molecular weight is 309 g/mol. The number of nitrogens with one attached hydrogen (secondary N) is 3. The van der Waals surface area contributed by atoms with Gasteiger partial charge in [-0.25, -0.2) is 4.79 Å². The Hall–Kier alpha value is -2.79. The van der Waals surface area contributed by atoms with E-state index in [-0.39, 0.29) is 5.69 Å². The zero-order valence-electron chi connectivity index (χ0n) is 12.6. The fourth-order valence-electron chi connectivity index (χ4n) is 2.54. The number of aromatic nitrogens is 2. The summed E-state index contributed by atoms with van der Waals surface area (Å²) in [4.78, 5) is 16.2. The largest absolute Gasteiger partial charge is 0.391 e. The number of anilines is 1. The van der Waals surface area contributed by atoms with Crippen molar-refractivity contribution in [2.24, 2.45) is 0 Å². The first-order valence-corrected chi connectivity index (χ1v) is 7.55. The molecular formula is C18H19N3O2. The third kappa shape index (κ3) is 3.90. The van der Waals surface area contributed by atoms with Crippen molar-refractivity contribution in [1.82, 2.24) is 9.97 Å². The van der Waals surface area contributed by atoms with Gasteiger partial charge in [0.05, 0.1) is 6.10 Å². The first-order valence-electron chi connectivity index (χ1n) is 7.55. The van der Waals surface area contributed by atoms with Crippen molar-refractivity contribution >= 4 is 5.69 Å². The van der Waals surface area contributed by atoms with Crippen molar-refractivity contribution in [3.05, 3.63) is 77.0 Å². The van der Waals surface area contributed by atoms with Crippen LogP contribution in [0.15, 0.2) is 65.6 Å². The molecule has 3 aromatic rings. The van der Waals surface area contributed by atoms with E-state index in [4.69, 9.17) is 0 Å². The zero-order valence-corrected chi connectivity index (χ0v) is 12.6. The molecule has 5 nitrogen and oxygen atoms in total. The Morgan fingerprint density at radius 3 is 2.52 bits per heavy atom. The minimum Gasteiger partial charge on any atom is -0.391 e. The molecule has 0 spiro atoms. The van der Waals surface area contributed by atoms with Crippen LogP contribution in [-0.2, 0) is 6.42 Å². The summed E-state index contributed by atoms with van der Waals surface area (Å²) in [6.45, 7) is 0.400. The van der Waals surface area contributed by atoms with Crippen LogP contribution in [0, 0.1) is 0 Å². The Balaban J connectivity index is 1.67. The predicted octanol–water partition coefficient (Wildman–Crippen LogP) is 2.39. The molecule has 0 saturated carbocycles. The van der Waals surface area contributed by atoms with Gasteiger partial charge in [-0.15, -0.1) is 0 Å². The van der Waals surface area contributed by atoms with Gasteiger partial charge < -0.3 is 20.4 Å². The van der Waals surface area contributed by atoms with E-state index < -0.39 is 6.10 Å². The van der Waals surface area contributed by atoms with Gasteiger partial charge in [0.15, 0.2) is 0 Å². The highest BCUT2D eigenvalue weighted by Gasteiger charge is 2.09. The van der Waals surface area contributed by atoms with Gasteiger partial charge in [0.1, 0.15) is 0 Å². The lowest BCUT2D eigenvalue weighted by atomic mass is 10.0. The van der Waals surface area contributed by atoms with E-state index in [0.29, 0.717) is 18.7 Å². The molecule has 0 radical (unpaired) electrons. The second kappa shape index (κ2) is 6.98. The van der Waals surface area contributed by atoms with Crippen LogP contribution in [0.5, 0.6) is 0 Å². The molecule has 4 N–H and O–H groups in total. The molecule has 1 atom stereocenters. The summed E-state index contributed by atoms with van der Waals surface area (Å²) in [5.74, 6) is 0. The van der Waals surface area contributed by atoms with Gasteiger partial charge in [0, 0.05) is 36.1 Å². The number of para-hydroxylation sites is 1. The number of H-pyrrole nitrogens is 2. The molecule has 0 aliphatic rings. The number of hydrogen-bond donors (Lipinski definition) is 4. The summed E-state index contributed by atoms with van der Waals surface area (Å²) in [6.07, 6.45) is 1.38. The van der Waals surface area contributed by atoms with Crippen LogP contribution in [0.25, 0.3) is 11.1 Å². The van der Waals surface area contributed by atoms with Gasteiger partial charge in [-0.05, 0) is 11.6 Å². The van der Waals surface area contributed by atoms with Crippen molar-refractivity contribution in [2.45, 2.75) is 12.5 Å². The highest BCUT2D eigenvalue weighted by atomic mass is 16.3. The summed E-state index contributed by atoms with van der Waals surface area (Å²) in [6, 6.07) is 18.1. The molecule has 0 fully saturated rings. The van der Waals surface area contributed by atoms with E-state index in [1.807, 2.05) is 42.5 Å². The van der Waals surface area contributed by atoms with Gasteiger partial charge in [0.25, 0.3) is 0 Å². The third-order valence-corrected chi connectivity index (χ3v) is 3.65. The number of hydrogen-bond acceptors (Lipinski definition) is 3. The highest BCUT2D eigenvalue weighted by molar-refractivity contribution is 5.77. The first kappa shape index (κ1) is 15.1. The molecule has 3 rings (SSSR count). The maximum absolute atomic E-state index is 11.0. The number of aliphatic hydroxyl groups is 1. The minimum absolute atomic E-state index is 0.255. The molecule has 0 saturated heterocycles. The van der Waals surface area contributed by atoms with Crippen molar-refractivity contribution in [3.63, 3.8) is 0 Å². The lowest BCUT2D eigenvalue weighted by molar-refractivity contribution is 0.187. The van der Waals surface area contributed by atoms with E-state index in [0.717, 1.165) is 16.8 Å². The smallest absolute Gasteiger partial charge is 0.323 e. The van der Waals surface area contributed by atoms with Crippen molar-refractivity contribution < 1.29 is 5.11 Å². The minimum atomic E-state index is -0.592. The van der Waals surface area contributed by atoms with Gasteiger partial charge in [-0.2, -0.15) is 0 Å². The van der Waals surface area contributed by atoms with E-state index in [1.165, 1.54) is 0 Å². The molecule has 5 heteroatoms. The Kier molecular flexibility index (Phi) is 4.59. The molecule has 0 aliphatic heterocycles.